The van der Waals surface area contributed by atoms with E-state index >= 15 is 0 Å². The monoisotopic (exact) mass is 526 g/mol. The summed E-state index contributed by atoms with van der Waals surface area (Å²) in [6.07, 6.45) is 4.77. The minimum Gasteiger partial charge on any atom is -0.497 e. The number of carbonyl (C=O) groups is 2. The summed E-state index contributed by atoms with van der Waals surface area (Å²) in [5.74, 6) is -0.654. The minimum atomic E-state index is -1.05. The number of methoxy groups -OCH3 is 2. The molecule has 0 saturated carbocycles. The van der Waals surface area contributed by atoms with E-state index in [0.717, 1.165) is 22.3 Å². The number of ether oxygens (including phenoxy) is 3. The van der Waals surface area contributed by atoms with Crippen molar-refractivity contribution in [3.63, 3.8) is 0 Å². The normalized spacial score (nSPS) is 18.3. The number of allylic oxidation sites excluding steroid dienone is 1. The molecule has 1 aliphatic carbocycles. The number of aryl methyl sites for hydroxylation is 2. The van der Waals surface area contributed by atoms with Crippen LogP contribution in [-0.4, -0.2) is 31.8 Å². The van der Waals surface area contributed by atoms with Crippen LogP contribution in [0.2, 0.25) is 0 Å². The summed E-state index contributed by atoms with van der Waals surface area (Å²) in [6, 6.07) is 22.9. The number of rotatable bonds is 8. The number of urea groups is 1. The Morgan fingerprint density at radius 2 is 1.49 bits per heavy atom. The highest BCUT2D eigenvalue weighted by Crippen LogP contribution is 2.38. The van der Waals surface area contributed by atoms with Crippen molar-refractivity contribution in [1.82, 2.24) is 5.32 Å². The van der Waals surface area contributed by atoms with E-state index in [1.807, 2.05) is 69.3 Å². The Balaban J connectivity index is 1.59. The van der Waals surface area contributed by atoms with Crippen molar-refractivity contribution in [3.8, 4) is 5.75 Å². The fourth-order valence-electron chi connectivity index (χ4n) is 4.44. The molecule has 0 fully saturated rings. The van der Waals surface area contributed by atoms with E-state index in [2.05, 4.69) is 10.6 Å². The molecule has 2 amide bonds. The molecule has 1 aliphatic rings. The van der Waals surface area contributed by atoms with Crippen LogP contribution in [0.5, 0.6) is 5.75 Å². The predicted molar refractivity (Wildman–Crippen MR) is 152 cm³/mol. The molecule has 7 heteroatoms. The van der Waals surface area contributed by atoms with Gasteiger partial charge in [-0.3, -0.25) is 4.79 Å². The van der Waals surface area contributed by atoms with Crippen LogP contribution in [0, 0.1) is 19.8 Å². The van der Waals surface area contributed by atoms with Crippen molar-refractivity contribution in [2.24, 2.45) is 5.92 Å². The van der Waals surface area contributed by atoms with E-state index in [1.54, 1.807) is 49.6 Å². The van der Waals surface area contributed by atoms with Crippen LogP contribution in [-0.2, 0) is 14.3 Å². The lowest BCUT2D eigenvalue weighted by Gasteiger charge is -2.38. The van der Waals surface area contributed by atoms with Crippen molar-refractivity contribution in [3.05, 3.63) is 119 Å². The van der Waals surface area contributed by atoms with E-state index in [1.165, 1.54) is 7.11 Å². The van der Waals surface area contributed by atoms with Gasteiger partial charge >= 0.3 is 12.0 Å². The Kier molecular flexibility index (Phi) is 8.52. The van der Waals surface area contributed by atoms with E-state index in [4.69, 9.17) is 14.2 Å². The molecule has 3 aromatic rings. The van der Waals surface area contributed by atoms with Crippen molar-refractivity contribution >= 4 is 17.7 Å². The Morgan fingerprint density at radius 1 is 0.872 bits per heavy atom. The maximum atomic E-state index is 13.0. The van der Waals surface area contributed by atoms with Gasteiger partial charge < -0.3 is 24.8 Å². The van der Waals surface area contributed by atoms with Gasteiger partial charge in [-0.2, -0.15) is 0 Å². The minimum absolute atomic E-state index is 0.438. The van der Waals surface area contributed by atoms with Crippen LogP contribution in [0.15, 0.2) is 96.7 Å². The number of benzene rings is 3. The molecule has 4 rings (SSSR count). The average Bonchev–Trinajstić information content (AvgIpc) is 2.93. The van der Waals surface area contributed by atoms with Crippen LogP contribution < -0.4 is 15.4 Å². The number of esters is 1. The topological polar surface area (TPSA) is 85.9 Å². The highest BCUT2D eigenvalue weighted by molar-refractivity contribution is 5.91. The smallest absolute Gasteiger partial charge is 0.323 e. The first-order chi connectivity index (χ1) is 18.7. The summed E-state index contributed by atoms with van der Waals surface area (Å²) in [5.41, 5.74) is 4.19. The van der Waals surface area contributed by atoms with E-state index in [-0.39, 0.29) is 0 Å². The molecule has 39 heavy (non-hydrogen) atoms. The van der Waals surface area contributed by atoms with Crippen molar-refractivity contribution in [2.45, 2.75) is 32.5 Å². The lowest BCUT2D eigenvalue weighted by Crippen LogP contribution is -2.44. The van der Waals surface area contributed by atoms with Gasteiger partial charge in [0.1, 0.15) is 23.4 Å². The molecule has 3 aromatic carbocycles. The van der Waals surface area contributed by atoms with Gasteiger partial charge in [-0.15, -0.1) is 0 Å². The first-order valence-corrected chi connectivity index (χ1v) is 12.7. The Hall–Kier alpha value is -4.36. The Labute approximate surface area is 229 Å². The predicted octanol–water partition coefficient (Wildman–Crippen LogP) is 6.24. The maximum absolute atomic E-state index is 13.0. The quantitative estimate of drug-likeness (QED) is 0.339. The number of nitrogens with one attached hydrogen (secondary N) is 2. The molecule has 0 aromatic heterocycles. The zero-order valence-corrected chi connectivity index (χ0v) is 22.9. The zero-order chi connectivity index (χ0) is 28.0. The SMILES string of the molecule is COC(=O)C1C=C(NC(=O)Nc2cccc(OC)c2)C=CC1(C)OC(c1ccc(C)cc1)c1ccc(C)cc1. The van der Waals surface area contributed by atoms with E-state index in [9.17, 15) is 9.59 Å². The third-order valence-corrected chi connectivity index (χ3v) is 6.73. The van der Waals surface area contributed by atoms with Gasteiger partial charge in [-0.25, -0.2) is 4.79 Å². The fourth-order valence-corrected chi connectivity index (χ4v) is 4.44. The molecule has 0 saturated heterocycles. The molecule has 2 N–H and O–H groups in total. The Bertz CT molecular complexity index is 1330. The molecule has 2 unspecified atom stereocenters. The zero-order valence-electron chi connectivity index (χ0n) is 22.9. The summed E-state index contributed by atoms with van der Waals surface area (Å²) >= 11 is 0. The first kappa shape index (κ1) is 27.7. The number of hydrogen-bond donors (Lipinski definition) is 2. The van der Waals surface area contributed by atoms with Crippen molar-refractivity contribution in [2.75, 3.05) is 19.5 Å². The molecular weight excluding hydrogens is 492 g/mol. The van der Waals surface area contributed by atoms with Crippen molar-refractivity contribution in [1.29, 1.82) is 0 Å². The molecule has 0 aliphatic heterocycles. The van der Waals surface area contributed by atoms with Crippen LogP contribution >= 0.6 is 0 Å². The van der Waals surface area contributed by atoms with E-state index in [0.29, 0.717) is 17.1 Å². The molecule has 0 heterocycles. The highest BCUT2D eigenvalue weighted by Gasteiger charge is 2.42. The van der Waals surface area contributed by atoms with Gasteiger partial charge in [-0.1, -0.05) is 65.7 Å². The molecule has 0 bridgehead atoms. The first-order valence-electron chi connectivity index (χ1n) is 12.7. The highest BCUT2D eigenvalue weighted by atomic mass is 16.5. The van der Waals surface area contributed by atoms with Crippen LogP contribution in [0.4, 0.5) is 10.5 Å². The van der Waals surface area contributed by atoms with Crippen LogP contribution in [0.3, 0.4) is 0 Å². The summed E-state index contributed by atoms with van der Waals surface area (Å²) in [6.45, 7) is 5.92. The summed E-state index contributed by atoms with van der Waals surface area (Å²) in [5, 5.41) is 5.58. The fraction of sp³-hybridized carbons (Fsp3) is 0.250. The summed E-state index contributed by atoms with van der Waals surface area (Å²) in [4.78, 5) is 25.7. The third-order valence-electron chi connectivity index (χ3n) is 6.73. The molecule has 7 nitrogen and oxygen atoms in total. The number of amides is 2. The van der Waals surface area contributed by atoms with Gasteiger partial charge in [0.15, 0.2) is 0 Å². The van der Waals surface area contributed by atoms with Crippen LogP contribution in [0.25, 0.3) is 0 Å². The standard InChI is InChI=1S/C32H34N2O5/c1-21-9-13-23(14-10-21)29(24-15-11-22(2)12-16-24)39-32(3)18-17-26(20-28(32)30(35)38-5)34-31(36)33-25-7-6-8-27(19-25)37-4/h6-20,28-29H,1-5H3,(H2,33,34,36). The third kappa shape index (κ3) is 6.75. The van der Waals surface area contributed by atoms with E-state index < -0.39 is 29.6 Å². The number of anilines is 1. The second-order valence-corrected chi connectivity index (χ2v) is 9.77. The summed E-state index contributed by atoms with van der Waals surface area (Å²) < 4.78 is 17.1. The lowest BCUT2D eigenvalue weighted by atomic mass is 9.83. The molecule has 0 spiro atoms. The second kappa shape index (κ2) is 12.0. The van der Waals surface area contributed by atoms with Gasteiger partial charge in [0.2, 0.25) is 0 Å². The van der Waals surface area contributed by atoms with Gasteiger partial charge in [0.25, 0.3) is 0 Å². The second-order valence-electron chi connectivity index (χ2n) is 9.77. The Morgan fingerprint density at radius 3 is 2.05 bits per heavy atom. The number of hydrogen-bond acceptors (Lipinski definition) is 5. The average molecular weight is 527 g/mol. The maximum Gasteiger partial charge on any atom is 0.323 e. The summed E-state index contributed by atoms with van der Waals surface area (Å²) in [7, 11) is 2.90. The lowest BCUT2D eigenvalue weighted by molar-refractivity contribution is -0.154. The molecule has 2 atom stereocenters. The molecule has 0 radical (unpaired) electrons. The largest absolute Gasteiger partial charge is 0.497 e. The van der Waals surface area contributed by atoms with Gasteiger partial charge in [-0.05, 0) is 62.3 Å². The number of carbonyl (C=O) groups excluding carboxylic acids is 2. The van der Waals surface area contributed by atoms with Crippen molar-refractivity contribution < 1.29 is 23.8 Å². The molecule has 202 valence electrons. The van der Waals surface area contributed by atoms with Crippen LogP contribution in [0.1, 0.15) is 35.3 Å². The van der Waals surface area contributed by atoms with Gasteiger partial charge in [0.05, 0.1) is 14.2 Å². The van der Waals surface area contributed by atoms with Gasteiger partial charge in [0, 0.05) is 17.5 Å². The molecular formula is C32H34N2O5.